The van der Waals surface area contributed by atoms with E-state index in [2.05, 4.69) is 10.1 Å². The number of carbonyl (C=O) groups excluding carboxylic acids is 2. The number of hydrogen-bond donors (Lipinski definition) is 2. The van der Waals surface area contributed by atoms with Gasteiger partial charge in [-0.15, -0.1) is 13.2 Å². The first-order chi connectivity index (χ1) is 16.5. The Morgan fingerprint density at radius 3 is 2.29 bits per heavy atom. The molecule has 11 heteroatoms. The number of carboxylic acid groups (broad SMARTS) is 1. The average Bonchev–Trinajstić information content (AvgIpc) is 2.89. The third-order valence-corrected chi connectivity index (χ3v) is 5.96. The number of alkyl halides is 3. The Hall–Kier alpha value is -3.61. The molecule has 35 heavy (non-hydrogen) atoms. The molecule has 2 amide bonds. The van der Waals surface area contributed by atoms with Crippen LogP contribution >= 0.6 is 22.6 Å². The lowest BCUT2D eigenvalue weighted by Crippen LogP contribution is -2.44. The molecule has 1 aliphatic rings. The van der Waals surface area contributed by atoms with Gasteiger partial charge in [0.25, 0.3) is 11.8 Å². The van der Waals surface area contributed by atoms with E-state index in [1.165, 1.54) is 36.4 Å². The van der Waals surface area contributed by atoms with E-state index in [1.807, 2.05) is 22.6 Å². The molecular formula is C24H16F3IN2O5. The van der Waals surface area contributed by atoms with Crippen LogP contribution in [-0.2, 0) is 9.59 Å². The molecular weight excluding hydrogens is 580 g/mol. The lowest BCUT2D eigenvalue weighted by atomic mass is 9.97. The van der Waals surface area contributed by atoms with Crippen LogP contribution in [0.25, 0.3) is 0 Å². The van der Waals surface area contributed by atoms with Gasteiger partial charge in [-0.2, -0.15) is 0 Å². The van der Waals surface area contributed by atoms with Crippen molar-refractivity contribution in [3.63, 3.8) is 0 Å². The molecule has 0 aliphatic carbocycles. The molecule has 1 aliphatic heterocycles. The number of nitrogens with zero attached hydrogens (tertiary/aromatic N) is 1. The maximum Gasteiger partial charge on any atom is 0.573 e. The minimum Gasteiger partial charge on any atom is -0.479 e. The SMILES string of the molecule is O=C(O)[C@H](c1ccccc1)N1C(=O)c2cc(I)ccc2NC(=O)[C@@H]1c1ccc(OC(F)(F)F)cc1. The van der Waals surface area contributed by atoms with E-state index in [-0.39, 0.29) is 22.4 Å². The molecule has 3 aromatic rings. The molecule has 0 saturated carbocycles. The molecule has 0 unspecified atom stereocenters. The van der Waals surface area contributed by atoms with Gasteiger partial charge in [0.05, 0.1) is 11.3 Å². The fourth-order valence-corrected chi connectivity index (χ4v) is 4.36. The number of benzene rings is 3. The van der Waals surface area contributed by atoms with Crippen molar-refractivity contribution in [1.29, 1.82) is 0 Å². The smallest absolute Gasteiger partial charge is 0.479 e. The van der Waals surface area contributed by atoms with Gasteiger partial charge >= 0.3 is 12.3 Å². The number of anilines is 1. The topological polar surface area (TPSA) is 95.9 Å². The maximum atomic E-state index is 13.8. The molecule has 0 aromatic heterocycles. The molecule has 0 fully saturated rings. The summed E-state index contributed by atoms with van der Waals surface area (Å²) in [5.41, 5.74) is 0.640. The number of hydrogen-bond acceptors (Lipinski definition) is 4. The summed E-state index contributed by atoms with van der Waals surface area (Å²) >= 11 is 1.99. The van der Waals surface area contributed by atoms with Crippen molar-refractivity contribution in [3.05, 3.63) is 93.1 Å². The van der Waals surface area contributed by atoms with E-state index in [0.717, 1.165) is 17.0 Å². The second-order valence-electron chi connectivity index (χ2n) is 7.56. The predicted molar refractivity (Wildman–Crippen MR) is 127 cm³/mol. The van der Waals surface area contributed by atoms with Gasteiger partial charge in [0, 0.05) is 3.57 Å². The normalized spacial score (nSPS) is 16.7. The van der Waals surface area contributed by atoms with Gasteiger partial charge in [0.15, 0.2) is 6.04 Å². The van der Waals surface area contributed by atoms with E-state index in [9.17, 15) is 32.7 Å². The Labute approximate surface area is 210 Å². The fourth-order valence-electron chi connectivity index (χ4n) is 3.87. The van der Waals surface area contributed by atoms with E-state index >= 15 is 0 Å². The molecule has 0 bridgehead atoms. The summed E-state index contributed by atoms with van der Waals surface area (Å²) in [5.74, 6) is -3.35. The first-order valence-electron chi connectivity index (χ1n) is 10.1. The summed E-state index contributed by atoms with van der Waals surface area (Å²) in [6, 6.07) is 14.0. The Morgan fingerprint density at radius 2 is 1.69 bits per heavy atom. The van der Waals surface area contributed by atoms with Crippen molar-refractivity contribution in [3.8, 4) is 5.75 Å². The van der Waals surface area contributed by atoms with Crippen molar-refractivity contribution in [2.45, 2.75) is 18.4 Å². The second kappa shape index (κ2) is 9.56. The highest BCUT2D eigenvalue weighted by molar-refractivity contribution is 14.1. The van der Waals surface area contributed by atoms with Gasteiger partial charge in [-0.1, -0.05) is 42.5 Å². The highest BCUT2D eigenvalue weighted by Gasteiger charge is 2.44. The van der Waals surface area contributed by atoms with E-state index in [0.29, 0.717) is 3.57 Å². The van der Waals surface area contributed by atoms with Crippen molar-refractivity contribution < 1.29 is 37.4 Å². The molecule has 0 saturated heterocycles. The molecule has 1 heterocycles. The largest absolute Gasteiger partial charge is 0.573 e. The molecule has 3 aromatic carbocycles. The Kier molecular flexibility index (Phi) is 6.70. The zero-order valence-corrected chi connectivity index (χ0v) is 19.8. The third kappa shape index (κ3) is 5.24. The minimum absolute atomic E-state index is 0.0898. The first kappa shape index (κ1) is 24.5. The number of aliphatic carboxylic acids is 1. The monoisotopic (exact) mass is 596 g/mol. The minimum atomic E-state index is -4.91. The zero-order valence-electron chi connectivity index (χ0n) is 17.6. The number of carbonyl (C=O) groups is 3. The van der Waals surface area contributed by atoms with Gasteiger partial charge in [-0.25, -0.2) is 4.79 Å². The quantitative estimate of drug-likeness (QED) is 0.398. The summed E-state index contributed by atoms with van der Waals surface area (Å²) in [6.45, 7) is 0. The van der Waals surface area contributed by atoms with Crippen LogP contribution in [0.15, 0.2) is 72.8 Å². The Bertz CT molecular complexity index is 1280. The van der Waals surface area contributed by atoms with Crippen LogP contribution < -0.4 is 10.1 Å². The third-order valence-electron chi connectivity index (χ3n) is 5.29. The van der Waals surface area contributed by atoms with Crippen LogP contribution in [0.1, 0.15) is 33.6 Å². The van der Waals surface area contributed by atoms with Gasteiger partial charge in [0.1, 0.15) is 11.8 Å². The van der Waals surface area contributed by atoms with E-state index in [1.54, 1.807) is 24.3 Å². The Balaban J connectivity index is 1.88. The van der Waals surface area contributed by atoms with Crippen molar-refractivity contribution in [1.82, 2.24) is 4.90 Å². The molecule has 7 nitrogen and oxygen atoms in total. The van der Waals surface area contributed by atoms with E-state index < -0.39 is 42.0 Å². The molecule has 0 radical (unpaired) electrons. The number of halogens is 4. The van der Waals surface area contributed by atoms with Crippen LogP contribution in [0, 0.1) is 3.57 Å². The number of rotatable bonds is 5. The first-order valence-corrected chi connectivity index (χ1v) is 11.2. The number of fused-ring (bicyclic) bond motifs is 1. The van der Waals surface area contributed by atoms with Crippen LogP contribution in [0.5, 0.6) is 5.75 Å². The molecule has 2 N–H and O–H groups in total. The summed E-state index contributed by atoms with van der Waals surface area (Å²) in [4.78, 5) is 40.6. The van der Waals surface area contributed by atoms with Crippen LogP contribution in [0.4, 0.5) is 18.9 Å². The zero-order chi connectivity index (χ0) is 25.3. The van der Waals surface area contributed by atoms with Gasteiger partial charge in [-0.05, 0) is 64.0 Å². The Morgan fingerprint density at radius 1 is 1.03 bits per heavy atom. The average molecular weight is 596 g/mol. The molecule has 2 atom stereocenters. The molecule has 4 rings (SSSR count). The lowest BCUT2D eigenvalue weighted by molar-refractivity contribution is -0.274. The van der Waals surface area contributed by atoms with Crippen LogP contribution in [0.2, 0.25) is 0 Å². The van der Waals surface area contributed by atoms with Crippen molar-refractivity contribution in [2.24, 2.45) is 0 Å². The van der Waals surface area contributed by atoms with Crippen LogP contribution in [-0.4, -0.2) is 34.2 Å². The highest BCUT2D eigenvalue weighted by atomic mass is 127. The predicted octanol–water partition coefficient (Wildman–Crippen LogP) is 5.15. The fraction of sp³-hybridized carbons (Fsp3) is 0.125. The highest BCUT2D eigenvalue weighted by Crippen LogP contribution is 2.38. The standard InChI is InChI=1S/C24H16F3IN2O5/c25-24(26,27)35-16-9-6-14(7-10-16)19-21(31)29-18-11-8-15(28)12-17(18)22(32)30(19)20(23(33)34)13-4-2-1-3-5-13/h1-12,19-20H,(H,29,31)(H,33,34)/t19-,20-/m0/s1. The van der Waals surface area contributed by atoms with Crippen molar-refractivity contribution >= 4 is 46.1 Å². The van der Waals surface area contributed by atoms with Crippen LogP contribution in [0.3, 0.4) is 0 Å². The van der Waals surface area contributed by atoms with E-state index in [4.69, 9.17) is 0 Å². The summed E-state index contributed by atoms with van der Waals surface area (Å²) in [6.07, 6.45) is -4.91. The second-order valence-corrected chi connectivity index (χ2v) is 8.81. The van der Waals surface area contributed by atoms with Crippen molar-refractivity contribution in [2.75, 3.05) is 5.32 Å². The van der Waals surface area contributed by atoms with Gasteiger partial charge < -0.3 is 20.1 Å². The molecule has 0 spiro atoms. The number of nitrogens with one attached hydrogen (secondary N) is 1. The number of ether oxygens (including phenoxy) is 1. The molecule has 180 valence electrons. The van der Waals surface area contributed by atoms with Gasteiger partial charge in [-0.3, -0.25) is 9.59 Å². The van der Waals surface area contributed by atoms with Gasteiger partial charge in [0.2, 0.25) is 0 Å². The summed E-state index contributed by atoms with van der Waals surface area (Å²) < 4.78 is 42.3. The lowest BCUT2D eigenvalue weighted by Gasteiger charge is -2.34. The number of carboxylic acids is 1. The maximum absolute atomic E-state index is 13.8. The number of amides is 2. The summed E-state index contributed by atoms with van der Waals surface area (Å²) in [7, 11) is 0. The summed E-state index contributed by atoms with van der Waals surface area (Å²) in [5, 5.41) is 12.8.